The van der Waals surface area contributed by atoms with Gasteiger partial charge >= 0.3 is 0 Å². The highest BCUT2D eigenvalue weighted by Crippen LogP contribution is 2.26. The van der Waals surface area contributed by atoms with Crippen molar-refractivity contribution < 1.29 is 18.4 Å². The fourth-order valence-electron chi connectivity index (χ4n) is 7.07. The minimum atomic E-state index is -0.255. The minimum absolute atomic E-state index is 0.116. The summed E-state index contributed by atoms with van der Waals surface area (Å²) in [6, 6.07) is 21.7. The Morgan fingerprint density at radius 2 is 1.62 bits per heavy atom. The maximum atomic E-state index is 15.0. The fourth-order valence-corrected chi connectivity index (χ4v) is 7.07. The number of likely N-dealkylation sites (N-methyl/N-ethyl adjacent to an activating group) is 1. The molecule has 3 fully saturated rings. The number of halogens is 1. The molecule has 252 valence electrons. The van der Waals surface area contributed by atoms with E-state index in [1.54, 1.807) is 6.07 Å². The Balaban J connectivity index is 0.995. The molecule has 8 nitrogen and oxygen atoms in total. The lowest BCUT2D eigenvalue weighted by atomic mass is 10.00. The van der Waals surface area contributed by atoms with Crippen molar-refractivity contribution >= 4 is 5.91 Å². The molecule has 0 aliphatic carbocycles. The Morgan fingerprint density at radius 1 is 0.894 bits per heavy atom. The number of amides is 1. The third-order valence-electron chi connectivity index (χ3n) is 10.1. The third-order valence-corrected chi connectivity index (χ3v) is 10.1. The van der Waals surface area contributed by atoms with Gasteiger partial charge in [-0.15, -0.1) is 0 Å². The Morgan fingerprint density at radius 3 is 2.40 bits per heavy atom. The lowest BCUT2D eigenvalue weighted by Crippen LogP contribution is -2.56. The van der Waals surface area contributed by atoms with Crippen molar-refractivity contribution in [1.82, 2.24) is 25.3 Å². The topological polar surface area (TPSA) is 60.1 Å². The second-order valence-electron chi connectivity index (χ2n) is 14.0. The Kier molecular flexibility index (Phi) is 11.3. The molecule has 9 heteroatoms. The van der Waals surface area contributed by atoms with Gasteiger partial charge in [-0.25, -0.2) is 4.39 Å². The van der Waals surface area contributed by atoms with Crippen LogP contribution < -0.4 is 10.6 Å². The summed E-state index contributed by atoms with van der Waals surface area (Å²) in [5, 5.41) is 6.54. The van der Waals surface area contributed by atoms with E-state index in [2.05, 4.69) is 57.5 Å². The number of quaternary nitrogens is 1. The van der Waals surface area contributed by atoms with Crippen molar-refractivity contribution in [2.24, 2.45) is 0 Å². The van der Waals surface area contributed by atoms with Gasteiger partial charge in [-0.3, -0.25) is 19.5 Å². The Bertz CT molecular complexity index is 1490. The molecule has 0 bridgehead atoms. The predicted octanol–water partition coefficient (Wildman–Crippen LogP) is 3.81. The number of morpholine rings is 1. The average Bonchev–Trinajstić information content (AvgIpc) is 3.08. The molecule has 0 aromatic heterocycles. The lowest BCUT2D eigenvalue weighted by Gasteiger charge is -2.40. The Labute approximate surface area is 280 Å². The van der Waals surface area contributed by atoms with E-state index in [1.807, 2.05) is 36.4 Å². The zero-order valence-electron chi connectivity index (χ0n) is 28.2. The molecule has 3 aliphatic rings. The fraction of sp³-hybridized carbons (Fsp3) is 0.500. The molecule has 3 aromatic carbocycles. The van der Waals surface area contributed by atoms with Crippen LogP contribution in [0, 0.1) is 5.82 Å². The molecule has 3 aliphatic heterocycles. The van der Waals surface area contributed by atoms with Crippen LogP contribution in [-0.2, 0) is 24.4 Å². The molecule has 3 saturated heterocycles. The summed E-state index contributed by atoms with van der Waals surface area (Å²) in [7, 11) is 2.36. The molecule has 0 radical (unpaired) electrons. The van der Waals surface area contributed by atoms with Crippen molar-refractivity contribution in [3.8, 4) is 11.1 Å². The van der Waals surface area contributed by atoms with E-state index in [0.717, 1.165) is 113 Å². The second-order valence-corrected chi connectivity index (χ2v) is 14.0. The van der Waals surface area contributed by atoms with Gasteiger partial charge in [-0.05, 0) is 59.5 Å². The van der Waals surface area contributed by atoms with E-state index in [9.17, 15) is 4.79 Å². The van der Waals surface area contributed by atoms with Crippen molar-refractivity contribution in [2.75, 3.05) is 92.3 Å². The molecule has 3 aromatic rings. The normalized spacial score (nSPS) is 21.0. The van der Waals surface area contributed by atoms with Gasteiger partial charge in [0.2, 0.25) is 0 Å². The van der Waals surface area contributed by atoms with Crippen LogP contribution in [0.1, 0.15) is 34.0 Å². The summed E-state index contributed by atoms with van der Waals surface area (Å²) >= 11 is 0. The number of nitrogens with zero attached hydrogens (tertiary/aromatic N) is 4. The van der Waals surface area contributed by atoms with Gasteiger partial charge in [0.1, 0.15) is 18.9 Å². The standard InChI is InChI=1S/C38H51FN6O2/c1-30-27-44(12-11-40-30)29-32-5-3-7-34(23-32)36-25-31(9-10-37(36)39)26-41-38(46)35-8-4-6-33(24-35)28-43-15-13-42(14-16-43)17-18-45(2)19-21-47-22-20-45/h3-10,23-25,30,40H,11-22,26-29H2,1-2H3/p+1/t30-/m0/s1. The quantitative estimate of drug-likeness (QED) is 0.310. The molecule has 0 unspecified atom stereocenters. The molecule has 47 heavy (non-hydrogen) atoms. The number of hydrogen-bond donors (Lipinski definition) is 2. The van der Waals surface area contributed by atoms with E-state index < -0.39 is 0 Å². The number of piperazine rings is 2. The molecule has 1 atom stereocenters. The first-order valence-electron chi connectivity index (χ1n) is 17.4. The van der Waals surface area contributed by atoms with Crippen LogP contribution in [0.2, 0.25) is 0 Å². The molecule has 2 N–H and O–H groups in total. The van der Waals surface area contributed by atoms with Gasteiger partial charge in [0.05, 0.1) is 26.8 Å². The van der Waals surface area contributed by atoms with Gasteiger partial charge in [0, 0.05) is 89.2 Å². The first kappa shape index (κ1) is 33.7. The molecule has 0 spiro atoms. The van der Waals surface area contributed by atoms with Gasteiger partial charge in [-0.2, -0.15) is 0 Å². The van der Waals surface area contributed by atoms with Crippen LogP contribution >= 0.6 is 0 Å². The van der Waals surface area contributed by atoms with E-state index in [1.165, 1.54) is 18.2 Å². The van der Waals surface area contributed by atoms with E-state index in [0.29, 0.717) is 23.7 Å². The summed E-state index contributed by atoms with van der Waals surface area (Å²) in [4.78, 5) is 20.7. The van der Waals surface area contributed by atoms with Gasteiger partial charge < -0.3 is 19.9 Å². The van der Waals surface area contributed by atoms with Crippen LogP contribution in [0.3, 0.4) is 0 Å². The van der Waals surface area contributed by atoms with E-state index >= 15 is 4.39 Å². The smallest absolute Gasteiger partial charge is 0.251 e. The number of ether oxygens (including phenoxy) is 1. The molecule has 1 amide bonds. The first-order chi connectivity index (χ1) is 22.8. The number of nitrogens with one attached hydrogen (secondary N) is 2. The van der Waals surface area contributed by atoms with Gasteiger partial charge in [0.25, 0.3) is 5.91 Å². The molecule has 3 heterocycles. The molecule has 6 rings (SSSR count). The minimum Gasteiger partial charge on any atom is -0.370 e. The van der Waals surface area contributed by atoms with Crippen LogP contribution in [0.4, 0.5) is 4.39 Å². The number of carbonyl (C=O) groups is 1. The predicted molar refractivity (Wildman–Crippen MR) is 186 cm³/mol. The molecular formula is C38H52FN6O2+. The number of benzene rings is 3. The van der Waals surface area contributed by atoms with Crippen LogP contribution in [0.25, 0.3) is 11.1 Å². The Hall–Kier alpha value is -3.18. The van der Waals surface area contributed by atoms with Crippen molar-refractivity contribution in [3.05, 3.63) is 94.8 Å². The maximum Gasteiger partial charge on any atom is 0.251 e. The van der Waals surface area contributed by atoms with Gasteiger partial charge in [-0.1, -0.05) is 36.4 Å². The number of carbonyl (C=O) groups excluding carboxylic acids is 1. The van der Waals surface area contributed by atoms with Gasteiger partial charge in [0.15, 0.2) is 0 Å². The summed E-state index contributed by atoms with van der Waals surface area (Å²) in [5.74, 6) is -0.371. The molecule has 0 saturated carbocycles. The summed E-state index contributed by atoms with van der Waals surface area (Å²) in [5.41, 5.74) is 5.27. The highest BCUT2D eigenvalue weighted by molar-refractivity contribution is 5.94. The van der Waals surface area contributed by atoms with Crippen molar-refractivity contribution in [2.45, 2.75) is 32.6 Å². The first-order valence-corrected chi connectivity index (χ1v) is 17.4. The highest BCUT2D eigenvalue weighted by atomic mass is 19.1. The summed E-state index contributed by atoms with van der Waals surface area (Å²) in [6.07, 6.45) is 0. The van der Waals surface area contributed by atoms with E-state index in [4.69, 9.17) is 4.74 Å². The van der Waals surface area contributed by atoms with E-state index in [-0.39, 0.29) is 11.7 Å². The average molecular weight is 644 g/mol. The van der Waals surface area contributed by atoms with Crippen LogP contribution in [0.15, 0.2) is 66.7 Å². The highest BCUT2D eigenvalue weighted by Gasteiger charge is 2.27. The number of hydrogen-bond acceptors (Lipinski definition) is 6. The largest absolute Gasteiger partial charge is 0.370 e. The zero-order valence-corrected chi connectivity index (χ0v) is 28.2. The lowest BCUT2D eigenvalue weighted by molar-refractivity contribution is -0.916. The summed E-state index contributed by atoms with van der Waals surface area (Å²) < 4.78 is 21.7. The third kappa shape index (κ3) is 9.47. The summed E-state index contributed by atoms with van der Waals surface area (Å²) in [6.45, 7) is 17.8. The second kappa shape index (κ2) is 15.8. The molecular weight excluding hydrogens is 591 g/mol. The maximum absolute atomic E-state index is 15.0. The van der Waals surface area contributed by atoms with Crippen LogP contribution in [-0.4, -0.2) is 123 Å². The monoisotopic (exact) mass is 643 g/mol. The SMILES string of the molecule is C[C@H]1CN(Cc2cccc(-c3cc(CNC(=O)c4cccc(CN5CCN(CC[N+]6(C)CCOCC6)CC5)c4)ccc3F)c2)CCN1. The zero-order chi connectivity index (χ0) is 32.6. The number of rotatable bonds is 11. The van der Waals surface area contributed by atoms with Crippen molar-refractivity contribution in [3.63, 3.8) is 0 Å². The van der Waals surface area contributed by atoms with Crippen molar-refractivity contribution in [1.29, 1.82) is 0 Å². The van der Waals surface area contributed by atoms with Crippen LogP contribution in [0.5, 0.6) is 0 Å².